The molecular formula is C20H14N4O6S. The molecule has 5 N–H and O–H groups in total. The van der Waals surface area contributed by atoms with Crippen LogP contribution in [-0.2, 0) is 6.61 Å². The number of nitrogens with two attached hydrogens (primary N) is 1. The molecule has 0 bridgehead atoms. The van der Waals surface area contributed by atoms with Crippen LogP contribution in [0.4, 0.5) is 5.82 Å². The van der Waals surface area contributed by atoms with Crippen molar-refractivity contribution < 1.29 is 24.5 Å². The lowest BCUT2D eigenvalue weighted by molar-refractivity contribution is 0.0695. The number of carboxylic acid groups (broad SMARTS) is 2. The number of aromatic carboxylic acids is 2. The Labute approximate surface area is 177 Å². The minimum Gasteiger partial charge on any atom is -0.489 e. The Bertz CT molecular complexity index is 1380. The van der Waals surface area contributed by atoms with Crippen LogP contribution in [0.25, 0.3) is 22.2 Å². The van der Waals surface area contributed by atoms with Crippen LogP contribution >= 0.6 is 11.7 Å². The number of aromatic amines is 1. The number of ether oxygens (including phenoxy) is 1. The van der Waals surface area contributed by atoms with Crippen molar-refractivity contribution in [2.45, 2.75) is 6.61 Å². The van der Waals surface area contributed by atoms with Crippen molar-refractivity contribution in [3.63, 3.8) is 0 Å². The Morgan fingerprint density at radius 3 is 2.35 bits per heavy atom. The summed E-state index contributed by atoms with van der Waals surface area (Å²) >= 11 is 1.13. The molecule has 0 radical (unpaired) electrons. The van der Waals surface area contributed by atoms with Gasteiger partial charge in [-0.05, 0) is 35.4 Å². The maximum atomic E-state index is 12.1. The Morgan fingerprint density at radius 1 is 1.00 bits per heavy atom. The average molecular weight is 438 g/mol. The lowest BCUT2D eigenvalue weighted by Gasteiger charge is -2.13. The molecule has 4 aromatic rings. The first-order valence-electron chi connectivity index (χ1n) is 8.82. The number of anilines is 1. The van der Waals surface area contributed by atoms with Crippen molar-refractivity contribution in [2.24, 2.45) is 0 Å². The quantitative estimate of drug-likeness (QED) is 0.353. The van der Waals surface area contributed by atoms with Gasteiger partial charge in [0.15, 0.2) is 0 Å². The van der Waals surface area contributed by atoms with Crippen molar-refractivity contribution in [1.82, 2.24) is 13.7 Å². The van der Waals surface area contributed by atoms with Crippen molar-refractivity contribution >= 4 is 40.5 Å². The van der Waals surface area contributed by atoms with Crippen LogP contribution in [0.15, 0.2) is 47.3 Å². The molecule has 0 aliphatic heterocycles. The fraction of sp³-hybridized carbons (Fsp3) is 0.0500. The highest BCUT2D eigenvalue weighted by molar-refractivity contribution is 7.00. The minimum atomic E-state index is -1.56. The number of aromatic nitrogens is 3. The molecule has 4 rings (SSSR count). The van der Waals surface area contributed by atoms with Crippen LogP contribution in [0.1, 0.15) is 26.3 Å². The van der Waals surface area contributed by atoms with E-state index in [0.717, 1.165) is 28.3 Å². The van der Waals surface area contributed by atoms with Gasteiger partial charge in [0.1, 0.15) is 40.3 Å². The first kappa shape index (κ1) is 20.0. The van der Waals surface area contributed by atoms with Gasteiger partial charge in [0.2, 0.25) is 0 Å². The summed E-state index contributed by atoms with van der Waals surface area (Å²) in [5.74, 6) is -2.99. The molecule has 0 aliphatic rings. The molecule has 0 saturated carbocycles. The number of nitrogen functional groups attached to an aromatic ring is 1. The molecule has 0 fully saturated rings. The molecule has 31 heavy (non-hydrogen) atoms. The van der Waals surface area contributed by atoms with Crippen LogP contribution in [0.3, 0.4) is 0 Å². The summed E-state index contributed by atoms with van der Waals surface area (Å²) in [7, 11) is 0. The molecule has 2 heterocycles. The van der Waals surface area contributed by atoms with Crippen molar-refractivity contribution in [3.05, 3.63) is 69.5 Å². The lowest BCUT2D eigenvalue weighted by atomic mass is 9.95. The number of nitrogens with one attached hydrogen (secondary N) is 1. The van der Waals surface area contributed by atoms with E-state index in [1.165, 1.54) is 12.1 Å². The van der Waals surface area contributed by atoms with Crippen molar-refractivity contribution in [1.29, 1.82) is 0 Å². The number of benzene rings is 2. The zero-order valence-corrected chi connectivity index (χ0v) is 16.5. The van der Waals surface area contributed by atoms with E-state index in [0.29, 0.717) is 5.75 Å². The fourth-order valence-electron chi connectivity index (χ4n) is 3.14. The zero-order chi connectivity index (χ0) is 22.1. The molecule has 0 atom stereocenters. The highest BCUT2D eigenvalue weighted by Gasteiger charge is 2.26. The summed E-state index contributed by atoms with van der Waals surface area (Å²) < 4.78 is 14.1. The maximum Gasteiger partial charge on any atom is 0.342 e. The Morgan fingerprint density at radius 2 is 1.68 bits per heavy atom. The van der Waals surface area contributed by atoms with Crippen LogP contribution in [0.5, 0.6) is 5.75 Å². The Balaban J connectivity index is 1.65. The largest absolute Gasteiger partial charge is 0.489 e. The average Bonchev–Trinajstić information content (AvgIpc) is 3.19. The van der Waals surface area contributed by atoms with Crippen molar-refractivity contribution in [3.8, 4) is 16.9 Å². The third-order valence-electron chi connectivity index (χ3n) is 4.54. The number of fused-ring (bicyclic) bond motifs is 1. The van der Waals surface area contributed by atoms with E-state index in [1.54, 1.807) is 12.1 Å². The van der Waals surface area contributed by atoms with Gasteiger partial charge < -0.3 is 25.7 Å². The normalized spacial score (nSPS) is 10.8. The molecule has 0 saturated heterocycles. The smallest absolute Gasteiger partial charge is 0.342 e. The van der Waals surface area contributed by atoms with E-state index in [1.807, 2.05) is 18.2 Å². The molecule has 2 aromatic carbocycles. The molecule has 156 valence electrons. The summed E-state index contributed by atoms with van der Waals surface area (Å²) in [6.45, 7) is 0.255. The topological polar surface area (TPSA) is 168 Å². The Kier molecular flexibility index (Phi) is 5.09. The molecule has 0 unspecified atom stereocenters. The summed E-state index contributed by atoms with van der Waals surface area (Å²) in [4.78, 5) is 37.5. The van der Waals surface area contributed by atoms with Gasteiger partial charge in [-0.25, -0.2) is 9.59 Å². The van der Waals surface area contributed by atoms with Gasteiger partial charge in [-0.2, -0.15) is 8.75 Å². The van der Waals surface area contributed by atoms with Gasteiger partial charge in [-0.15, -0.1) is 0 Å². The van der Waals surface area contributed by atoms with Gasteiger partial charge in [0.25, 0.3) is 5.56 Å². The second-order valence-corrected chi connectivity index (χ2v) is 7.03. The van der Waals surface area contributed by atoms with Gasteiger partial charge in [0, 0.05) is 5.56 Å². The molecule has 11 heteroatoms. The molecule has 0 spiro atoms. The molecule has 2 aromatic heterocycles. The maximum absolute atomic E-state index is 12.1. The second-order valence-electron chi connectivity index (χ2n) is 6.50. The van der Waals surface area contributed by atoms with Crippen LogP contribution in [0, 0.1) is 0 Å². The summed E-state index contributed by atoms with van der Waals surface area (Å²) in [5.41, 5.74) is 5.85. The molecule has 10 nitrogen and oxygen atoms in total. The predicted molar refractivity (Wildman–Crippen MR) is 113 cm³/mol. The fourth-order valence-corrected chi connectivity index (χ4v) is 3.65. The van der Waals surface area contributed by atoms with Gasteiger partial charge in [-0.3, -0.25) is 4.79 Å². The number of hydrogen-bond acceptors (Lipinski definition) is 8. The highest BCUT2D eigenvalue weighted by atomic mass is 32.1. The van der Waals surface area contributed by atoms with Gasteiger partial charge >= 0.3 is 11.9 Å². The predicted octanol–water partition coefficient (Wildman–Crippen LogP) is 2.60. The SMILES string of the molecule is Nc1[nH]c(=O)c(C(=O)O)c(-c2ccc(OCc3ccc4nsnc4c3)cc2)c1C(=O)O. The van der Waals surface area contributed by atoms with Gasteiger partial charge in [0.05, 0.1) is 11.7 Å². The first-order valence-corrected chi connectivity index (χ1v) is 9.55. The summed E-state index contributed by atoms with van der Waals surface area (Å²) in [6, 6.07) is 11.6. The van der Waals surface area contributed by atoms with Crippen LogP contribution in [-0.4, -0.2) is 35.9 Å². The highest BCUT2D eigenvalue weighted by Crippen LogP contribution is 2.30. The Hall–Kier alpha value is -4.25. The second kappa shape index (κ2) is 7.88. The number of hydrogen-bond donors (Lipinski definition) is 4. The monoisotopic (exact) mass is 438 g/mol. The summed E-state index contributed by atoms with van der Waals surface area (Å²) in [5, 5.41) is 18.9. The minimum absolute atomic E-state index is 0.204. The number of H-pyrrole nitrogens is 1. The van der Waals surface area contributed by atoms with E-state index < -0.39 is 34.4 Å². The number of rotatable bonds is 6. The van der Waals surface area contributed by atoms with E-state index in [-0.39, 0.29) is 17.7 Å². The standard InChI is InChI=1S/C20H14N4O6S/c21-17-15(19(26)27)14(16(20(28)29)18(25)22-17)10-2-4-11(5-3-10)30-8-9-1-6-12-13(7-9)24-31-23-12/h1-7H,8H2,(H,26,27)(H,28,29)(H3,21,22,25). The van der Waals surface area contributed by atoms with Crippen molar-refractivity contribution in [2.75, 3.05) is 5.73 Å². The third kappa shape index (κ3) is 3.81. The zero-order valence-electron chi connectivity index (χ0n) is 15.7. The number of nitrogens with zero attached hydrogens (tertiary/aromatic N) is 2. The molecule has 0 amide bonds. The van der Waals surface area contributed by atoms with E-state index >= 15 is 0 Å². The van der Waals surface area contributed by atoms with Crippen LogP contribution in [0.2, 0.25) is 0 Å². The first-order chi connectivity index (χ1) is 14.8. The van der Waals surface area contributed by atoms with E-state index in [2.05, 4.69) is 13.7 Å². The van der Waals surface area contributed by atoms with Gasteiger partial charge in [-0.1, -0.05) is 18.2 Å². The number of carboxylic acids is 2. The molecular weight excluding hydrogens is 424 g/mol. The number of carbonyl (C=O) groups is 2. The lowest BCUT2D eigenvalue weighted by Crippen LogP contribution is -2.24. The van der Waals surface area contributed by atoms with E-state index in [4.69, 9.17) is 10.5 Å². The molecule has 0 aliphatic carbocycles. The van der Waals surface area contributed by atoms with E-state index in [9.17, 15) is 24.6 Å². The van der Waals surface area contributed by atoms with Crippen LogP contribution < -0.4 is 16.0 Å². The summed E-state index contributed by atoms with van der Waals surface area (Å²) in [6.07, 6.45) is 0. The third-order valence-corrected chi connectivity index (χ3v) is 5.10. The number of pyridine rings is 1.